The minimum atomic E-state index is 0.375. The molecule has 0 spiro atoms. The molecule has 1 fully saturated rings. The number of aromatic hydroxyl groups is 1. The molecule has 1 aromatic carbocycles. The topological polar surface area (TPSA) is 58.3 Å². The monoisotopic (exact) mass is 248 g/mol. The van der Waals surface area contributed by atoms with Gasteiger partial charge in [0.2, 0.25) is 0 Å². The van der Waals surface area contributed by atoms with Gasteiger partial charge in [0.15, 0.2) is 0 Å². The maximum absolute atomic E-state index is 9.47. The van der Waals surface area contributed by atoms with Crippen LogP contribution in [-0.4, -0.2) is 17.7 Å². The number of phenolic OH excluding ortho intramolecular Hbond substituents is 1. The van der Waals surface area contributed by atoms with E-state index in [2.05, 4.69) is 5.32 Å². The van der Waals surface area contributed by atoms with Crippen LogP contribution in [0.15, 0.2) is 18.2 Å². The third-order valence-electron chi connectivity index (χ3n) is 3.91. The van der Waals surface area contributed by atoms with Crippen LogP contribution in [0.3, 0.4) is 0 Å². The van der Waals surface area contributed by atoms with Crippen LogP contribution in [0.25, 0.3) is 0 Å². The van der Waals surface area contributed by atoms with Crippen LogP contribution >= 0.6 is 0 Å². The molecule has 1 aliphatic rings. The van der Waals surface area contributed by atoms with Gasteiger partial charge in [-0.25, -0.2) is 0 Å². The molecule has 3 nitrogen and oxygen atoms in total. The molecule has 3 heteroatoms. The van der Waals surface area contributed by atoms with Crippen molar-refractivity contribution < 1.29 is 5.11 Å². The van der Waals surface area contributed by atoms with Crippen molar-refractivity contribution in [2.24, 2.45) is 11.7 Å². The molecule has 0 aromatic heterocycles. The van der Waals surface area contributed by atoms with Crippen LogP contribution in [0.1, 0.15) is 36.8 Å². The van der Waals surface area contributed by atoms with E-state index >= 15 is 0 Å². The van der Waals surface area contributed by atoms with Gasteiger partial charge in [0.05, 0.1) is 0 Å². The molecule has 0 atom stereocenters. The Hall–Kier alpha value is -1.06. The standard InChI is InChI=1S/C15H24N2O/c1-11-8-13(4-7-15(11)18)10-17-9-12-2-5-14(16)6-3-12/h4,7-8,12,14,17-18H,2-3,5-6,9-10,16H2,1H3. The van der Waals surface area contributed by atoms with Crippen molar-refractivity contribution in [3.05, 3.63) is 29.3 Å². The lowest BCUT2D eigenvalue weighted by Gasteiger charge is -2.26. The lowest BCUT2D eigenvalue weighted by molar-refractivity contribution is 0.314. The Morgan fingerprint density at radius 3 is 2.67 bits per heavy atom. The summed E-state index contributed by atoms with van der Waals surface area (Å²) >= 11 is 0. The number of hydrogen-bond donors (Lipinski definition) is 3. The van der Waals surface area contributed by atoms with E-state index in [1.165, 1.54) is 31.2 Å². The molecule has 1 aliphatic carbocycles. The lowest BCUT2D eigenvalue weighted by Crippen LogP contribution is -2.31. The fourth-order valence-corrected chi connectivity index (χ4v) is 2.64. The van der Waals surface area contributed by atoms with Gasteiger partial charge >= 0.3 is 0 Å². The molecule has 4 N–H and O–H groups in total. The summed E-state index contributed by atoms with van der Waals surface area (Å²) in [5.41, 5.74) is 8.08. The molecule has 1 aromatic rings. The Labute approximate surface area is 109 Å². The summed E-state index contributed by atoms with van der Waals surface area (Å²) in [5.74, 6) is 1.16. The molecule has 0 bridgehead atoms. The lowest BCUT2D eigenvalue weighted by atomic mass is 9.86. The number of nitrogens with two attached hydrogens (primary N) is 1. The first-order valence-corrected chi connectivity index (χ1v) is 6.90. The van der Waals surface area contributed by atoms with Crippen molar-refractivity contribution in [3.63, 3.8) is 0 Å². The molecule has 0 radical (unpaired) electrons. The molecule has 18 heavy (non-hydrogen) atoms. The molecule has 2 rings (SSSR count). The predicted molar refractivity (Wildman–Crippen MR) is 74.5 cm³/mol. The molecule has 100 valence electrons. The SMILES string of the molecule is Cc1cc(CNCC2CCC(N)CC2)ccc1O. The second-order valence-electron chi connectivity index (χ2n) is 5.53. The smallest absolute Gasteiger partial charge is 0.118 e. The Morgan fingerprint density at radius 2 is 2.00 bits per heavy atom. The highest BCUT2D eigenvalue weighted by molar-refractivity contribution is 5.34. The number of nitrogens with one attached hydrogen (secondary N) is 1. The number of rotatable bonds is 4. The Balaban J connectivity index is 1.73. The summed E-state index contributed by atoms with van der Waals surface area (Å²) in [4.78, 5) is 0. The van der Waals surface area contributed by atoms with Crippen molar-refractivity contribution in [3.8, 4) is 5.75 Å². The first kappa shape index (κ1) is 13.4. The zero-order chi connectivity index (χ0) is 13.0. The van der Waals surface area contributed by atoms with E-state index in [1.807, 2.05) is 19.1 Å². The second-order valence-corrected chi connectivity index (χ2v) is 5.53. The van der Waals surface area contributed by atoms with Crippen LogP contribution in [-0.2, 0) is 6.54 Å². The molecular formula is C15H24N2O. The van der Waals surface area contributed by atoms with E-state index in [9.17, 15) is 5.11 Å². The van der Waals surface area contributed by atoms with Gasteiger partial charge < -0.3 is 16.2 Å². The van der Waals surface area contributed by atoms with Gasteiger partial charge in [-0.05, 0) is 62.3 Å². The number of hydrogen-bond acceptors (Lipinski definition) is 3. The van der Waals surface area contributed by atoms with Crippen molar-refractivity contribution in [2.45, 2.75) is 45.2 Å². The minimum Gasteiger partial charge on any atom is -0.508 e. The number of aryl methyl sites for hydroxylation is 1. The Morgan fingerprint density at radius 1 is 1.28 bits per heavy atom. The van der Waals surface area contributed by atoms with Crippen LogP contribution in [0.2, 0.25) is 0 Å². The Bertz CT molecular complexity index is 384. The molecule has 1 saturated carbocycles. The molecule has 0 unspecified atom stereocenters. The second kappa shape index (κ2) is 6.21. The van der Waals surface area contributed by atoms with Gasteiger partial charge in [-0.3, -0.25) is 0 Å². The third kappa shape index (κ3) is 3.72. The molecule has 0 heterocycles. The first-order valence-electron chi connectivity index (χ1n) is 6.90. The summed E-state index contributed by atoms with van der Waals surface area (Å²) < 4.78 is 0. The van der Waals surface area contributed by atoms with E-state index in [4.69, 9.17) is 5.73 Å². The molecular weight excluding hydrogens is 224 g/mol. The summed E-state index contributed by atoms with van der Waals surface area (Å²) in [7, 11) is 0. The number of benzene rings is 1. The Kier molecular flexibility index (Phi) is 4.61. The fraction of sp³-hybridized carbons (Fsp3) is 0.600. The summed E-state index contributed by atoms with van der Waals surface area (Å²) in [6, 6.07) is 6.22. The van der Waals surface area contributed by atoms with E-state index in [-0.39, 0.29) is 0 Å². The molecule has 0 amide bonds. The average Bonchev–Trinajstić information content (AvgIpc) is 2.36. The van der Waals surface area contributed by atoms with Crippen LogP contribution in [0, 0.1) is 12.8 Å². The van der Waals surface area contributed by atoms with Gasteiger partial charge in [-0.1, -0.05) is 12.1 Å². The predicted octanol–water partition coefficient (Wildman–Crippen LogP) is 2.31. The highest BCUT2D eigenvalue weighted by atomic mass is 16.3. The minimum absolute atomic E-state index is 0.375. The van der Waals surface area contributed by atoms with Crippen molar-refractivity contribution in [2.75, 3.05) is 6.54 Å². The summed E-state index contributed by atoms with van der Waals surface area (Å²) in [5, 5.41) is 13.0. The average molecular weight is 248 g/mol. The van der Waals surface area contributed by atoms with Crippen molar-refractivity contribution in [1.29, 1.82) is 0 Å². The highest BCUT2D eigenvalue weighted by Gasteiger charge is 2.17. The third-order valence-corrected chi connectivity index (χ3v) is 3.91. The van der Waals surface area contributed by atoms with E-state index in [0.717, 1.165) is 24.6 Å². The highest BCUT2D eigenvalue weighted by Crippen LogP contribution is 2.22. The zero-order valence-electron chi connectivity index (χ0n) is 11.2. The van der Waals surface area contributed by atoms with E-state index in [0.29, 0.717) is 11.8 Å². The van der Waals surface area contributed by atoms with Gasteiger partial charge in [0, 0.05) is 12.6 Å². The maximum Gasteiger partial charge on any atom is 0.118 e. The quantitative estimate of drug-likeness (QED) is 0.766. The van der Waals surface area contributed by atoms with Gasteiger partial charge in [0.25, 0.3) is 0 Å². The summed E-state index contributed by atoms with van der Waals surface area (Å²) in [6.07, 6.45) is 4.85. The van der Waals surface area contributed by atoms with Crippen LogP contribution in [0.5, 0.6) is 5.75 Å². The van der Waals surface area contributed by atoms with E-state index < -0.39 is 0 Å². The molecule has 0 saturated heterocycles. The largest absolute Gasteiger partial charge is 0.508 e. The maximum atomic E-state index is 9.47. The fourth-order valence-electron chi connectivity index (χ4n) is 2.64. The van der Waals surface area contributed by atoms with Crippen LogP contribution in [0.4, 0.5) is 0 Å². The number of phenols is 1. The van der Waals surface area contributed by atoms with Gasteiger partial charge in [0.1, 0.15) is 5.75 Å². The first-order chi connectivity index (χ1) is 8.65. The van der Waals surface area contributed by atoms with Crippen molar-refractivity contribution in [1.82, 2.24) is 5.32 Å². The van der Waals surface area contributed by atoms with Crippen molar-refractivity contribution >= 4 is 0 Å². The van der Waals surface area contributed by atoms with Gasteiger partial charge in [-0.2, -0.15) is 0 Å². The summed E-state index contributed by atoms with van der Waals surface area (Å²) in [6.45, 7) is 3.89. The van der Waals surface area contributed by atoms with Gasteiger partial charge in [-0.15, -0.1) is 0 Å². The van der Waals surface area contributed by atoms with E-state index in [1.54, 1.807) is 6.07 Å². The molecule has 0 aliphatic heterocycles. The van der Waals surface area contributed by atoms with Crippen LogP contribution < -0.4 is 11.1 Å². The zero-order valence-corrected chi connectivity index (χ0v) is 11.2. The normalized spacial score (nSPS) is 24.1.